The number of nitrogens with one attached hydrogen (secondary N) is 1. The Morgan fingerprint density at radius 2 is 1.93 bits per heavy atom. The smallest absolute Gasteiger partial charge is 0.341 e. The summed E-state index contributed by atoms with van der Waals surface area (Å²) < 4.78 is 19.4. The van der Waals surface area contributed by atoms with E-state index in [1.165, 1.54) is 0 Å². The van der Waals surface area contributed by atoms with Gasteiger partial charge in [-0.05, 0) is 30.7 Å². The fourth-order valence-electron chi connectivity index (χ4n) is 2.64. The van der Waals surface area contributed by atoms with E-state index in [0.717, 1.165) is 39.8 Å². The number of carbonyl (C=O) groups excluding carboxylic acids is 2. The largest absolute Gasteiger partial charge is 0.462 e. The van der Waals surface area contributed by atoms with Crippen LogP contribution in [-0.4, -0.2) is 23.1 Å². The lowest BCUT2D eigenvalue weighted by Crippen LogP contribution is -2.27. The predicted molar refractivity (Wildman–Crippen MR) is 110 cm³/mol. The maximum Gasteiger partial charge on any atom is 0.341 e. The molecule has 150 valence electrons. The van der Waals surface area contributed by atoms with Crippen LogP contribution in [0.25, 0.3) is 11.1 Å². The number of nitrogens with zero attached hydrogens (tertiary/aromatic N) is 1. The minimum Gasteiger partial charge on any atom is -0.462 e. The second kappa shape index (κ2) is 9.02. The average Bonchev–Trinajstić information content (AvgIpc) is 3.09. The van der Waals surface area contributed by atoms with E-state index in [1.807, 2.05) is 0 Å². The molecule has 0 aliphatic rings. The number of anilines is 1. The van der Waals surface area contributed by atoms with E-state index in [9.17, 15) is 18.8 Å². The first-order valence-corrected chi connectivity index (χ1v) is 9.85. The summed E-state index contributed by atoms with van der Waals surface area (Å²) in [6, 6.07) is 8.95. The zero-order valence-corrected chi connectivity index (χ0v) is 16.8. The second-order valence-electron chi connectivity index (χ2n) is 5.94. The lowest BCUT2D eigenvalue weighted by molar-refractivity contribution is -0.116. The van der Waals surface area contributed by atoms with E-state index < -0.39 is 29.8 Å². The molecule has 0 aliphatic carbocycles. The molecule has 2 heterocycles. The minimum atomic E-state index is -0.634. The van der Waals surface area contributed by atoms with Crippen molar-refractivity contribution >= 4 is 39.8 Å². The van der Waals surface area contributed by atoms with Crippen LogP contribution < -0.4 is 10.9 Å². The number of pyridine rings is 1. The Hall–Kier alpha value is -2.97. The van der Waals surface area contributed by atoms with E-state index in [1.54, 1.807) is 36.6 Å². The van der Waals surface area contributed by atoms with Crippen LogP contribution in [0.1, 0.15) is 17.3 Å². The molecule has 3 rings (SSSR count). The van der Waals surface area contributed by atoms with Crippen molar-refractivity contribution in [3.05, 3.63) is 74.7 Å². The standard InChI is InChI=1S/C20H16ClFN2O4S/c1-2-28-20(27)18-15(12-3-5-13(21)6-4-12)11-29-19(18)23-16(25)10-24-9-14(22)7-8-17(24)26/h3-9,11H,2,10H2,1H3,(H,23,25). The first kappa shape index (κ1) is 20.8. The summed E-state index contributed by atoms with van der Waals surface area (Å²) in [5, 5.41) is 5.17. The van der Waals surface area contributed by atoms with Crippen LogP contribution >= 0.6 is 22.9 Å². The number of aromatic nitrogens is 1. The van der Waals surface area contributed by atoms with Gasteiger partial charge in [-0.15, -0.1) is 11.3 Å². The minimum absolute atomic E-state index is 0.167. The second-order valence-corrected chi connectivity index (χ2v) is 7.26. The lowest BCUT2D eigenvalue weighted by Gasteiger charge is -2.10. The van der Waals surface area contributed by atoms with Gasteiger partial charge in [-0.25, -0.2) is 9.18 Å². The number of halogens is 2. The molecule has 3 aromatic rings. The summed E-state index contributed by atoms with van der Waals surface area (Å²) in [6.45, 7) is 1.45. The normalized spacial score (nSPS) is 10.6. The van der Waals surface area contributed by atoms with Crippen molar-refractivity contribution in [3.63, 3.8) is 0 Å². The number of hydrogen-bond acceptors (Lipinski definition) is 5. The molecule has 0 radical (unpaired) electrons. The summed E-state index contributed by atoms with van der Waals surface area (Å²) >= 11 is 7.07. The molecule has 0 unspecified atom stereocenters. The van der Waals surface area contributed by atoms with Gasteiger partial charge in [0.25, 0.3) is 5.56 Å². The van der Waals surface area contributed by atoms with Crippen LogP contribution in [0, 0.1) is 5.82 Å². The van der Waals surface area contributed by atoms with Crippen molar-refractivity contribution in [3.8, 4) is 11.1 Å². The maximum atomic E-state index is 13.3. The molecule has 0 bridgehead atoms. The molecule has 0 spiro atoms. The first-order valence-electron chi connectivity index (χ1n) is 8.59. The molecule has 1 aromatic carbocycles. The quantitative estimate of drug-likeness (QED) is 0.590. The number of amides is 1. The zero-order valence-electron chi connectivity index (χ0n) is 15.3. The van der Waals surface area contributed by atoms with Crippen LogP contribution in [0.5, 0.6) is 0 Å². The topological polar surface area (TPSA) is 77.4 Å². The van der Waals surface area contributed by atoms with Gasteiger partial charge >= 0.3 is 5.97 Å². The molecule has 9 heteroatoms. The molecule has 0 saturated carbocycles. The summed E-state index contributed by atoms with van der Waals surface area (Å²) in [5.74, 6) is -1.80. The molecule has 2 aromatic heterocycles. The van der Waals surface area contributed by atoms with Crippen molar-refractivity contribution in [2.24, 2.45) is 0 Å². The van der Waals surface area contributed by atoms with Crippen LogP contribution in [0.4, 0.5) is 9.39 Å². The summed E-state index contributed by atoms with van der Waals surface area (Å²) in [5.41, 5.74) is 1.01. The number of rotatable bonds is 6. The van der Waals surface area contributed by atoms with E-state index in [4.69, 9.17) is 16.3 Å². The van der Waals surface area contributed by atoms with Crippen LogP contribution in [0.2, 0.25) is 5.02 Å². The molecule has 29 heavy (non-hydrogen) atoms. The predicted octanol–water partition coefficient (Wildman–Crippen LogP) is 4.18. The van der Waals surface area contributed by atoms with Gasteiger partial charge in [-0.2, -0.15) is 0 Å². The highest BCUT2D eigenvalue weighted by molar-refractivity contribution is 7.15. The summed E-state index contributed by atoms with van der Waals surface area (Å²) in [7, 11) is 0. The van der Waals surface area contributed by atoms with Crippen molar-refractivity contribution in [1.29, 1.82) is 0 Å². The van der Waals surface area contributed by atoms with Gasteiger partial charge in [0.1, 0.15) is 22.9 Å². The molecule has 1 amide bonds. The van der Waals surface area contributed by atoms with Crippen molar-refractivity contribution < 1.29 is 18.7 Å². The SMILES string of the molecule is CCOC(=O)c1c(-c2ccc(Cl)cc2)csc1NC(=O)Cn1cc(F)ccc1=O. The van der Waals surface area contributed by atoms with Crippen LogP contribution in [0.15, 0.2) is 52.8 Å². The van der Waals surface area contributed by atoms with Crippen molar-refractivity contribution in [1.82, 2.24) is 4.57 Å². The number of ether oxygens (including phenoxy) is 1. The average molecular weight is 435 g/mol. The zero-order chi connectivity index (χ0) is 21.0. The van der Waals surface area contributed by atoms with E-state index >= 15 is 0 Å². The third-order valence-corrected chi connectivity index (χ3v) is 5.09. The number of esters is 1. The molecule has 0 aliphatic heterocycles. The monoisotopic (exact) mass is 434 g/mol. The number of carbonyl (C=O) groups is 2. The fourth-order valence-corrected chi connectivity index (χ4v) is 3.74. The number of hydrogen-bond donors (Lipinski definition) is 1. The fraction of sp³-hybridized carbons (Fsp3) is 0.150. The lowest BCUT2D eigenvalue weighted by atomic mass is 10.0. The summed E-state index contributed by atoms with van der Waals surface area (Å²) in [4.78, 5) is 36.7. The highest BCUT2D eigenvalue weighted by atomic mass is 35.5. The Morgan fingerprint density at radius 3 is 2.62 bits per heavy atom. The molecule has 6 nitrogen and oxygen atoms in total. The highest BCUT2D eigenvalue weighted by Gasteiger charge is 2.23. The first-order chi connectivity index (χ1) is 13.9. The Bertz CT molecular complexity index is 1110. The molecule has 0 saturated heterocycles. The van der Waals surface area contributed by atoms with Gasteiger partial charge in [0.05, 0.1) is 6.61 Å². The van der Waals surface area contributed by atoms with Gasteiger partial charge < -0.3 is 14.6 Å². The van der Waals surface area contributed by atoms with Crippen molar-refractivity contribution in [2.45, 2.75) is 13.5 Å². The van der Waals surface area contributed by atoms with Gasteiger partial charge in [0.2, 0.25) is 5.91 Å². The number of benzene rings is 1. The molecule has 1 N–H and O–H groups in total. The van der Waals surface area contributed by atoms with Crippen LogP contribution in [-0.2, 0) is 16.1 Å². The third kappa shape index (κ3) is 4.90. The van der Waals surface area contributed by atoms with Crippen LogP contribution in [0.3, 0.4) is 0 Å². The van der Waals surface area contributed by atoms with E-state index in [-0.39, 0.29) is 17.2 Å². The van der Waals surface area contributed by atoms with Gasteiger partial charge in [-0.1, -0.05) is 23.7 Å². The number of thiophene rings is 1. The Balaban J connectivity index is 1.91. The van der Waals surface area contributed by atoms with Crippen molar-refractivity contribution in [2.75, 3.05) is 11.9 Å². The molecular formula is C20H16ClFN2O4S. The Kier molecular flexibility index (Phi) is 6.46. The van der Waals surface area contributed by atoms with Gasteiger partial charge in [0, 0.05) is 28.2 Å². The maximum absolute atomic E-state index is 13.3. The van der Waals surface area contributed by atoms with E-state index in [0.29, 0.717) is 10.6 Å². The summed E-state index contributed by atoms with van der Waals surface area (Å²) in [6.07, 6.45) is 0.946. The molecular weight excluding hydrogens is 419 g/mol. The van der Waals surface area contributed by atoms with Gasteiger partial charge in [-0.3, -0.25) is 9.59 Å². The highest BCUT2D eigenvalue weighted by Crippen LogP contribution is 2.36. The Morgan fingerprint density at radius 1 is 1.21 bits per heavy atom. The van der Waals surface area contributed by atoms with Gasteiger partial charge in [0.15, 0.2) is 0 Å². The third-order valence-electron chi connectivity index (χ3n) is 3.94. The Labute approximate surface area is 174 Å². The molecule has 0 atom stereocenters. The van der Waals surface area contributed by atoms with E-state index in [2.05, 4.69) is 5.32 Å². The molecule has 0 fully saturated rings.